The van der Waals surface area contributed by atoms with Crippen LogP contribution >= 0.6 is 15.9 Å². The van der Waals surface area contributed by atoms with Crippen molar-refractivity contribution in [3.63, 3.8) is 0 Å². The van der Waals surface area contributed by atoms with Gasteiger partial charge in [-0.1, -0.05) is 13.0 Å². The third kappa shape index (κ3) is 1.77. The molecule has 0 atom stereocenters. The van der Waals surface area contributed by atoms with Crippen molar-refractivity contribution >= 4 is 21.5 Å². The maximum atomic E-state index is 4.35. The second-order valence-corrected chi connectivity index (χ2v) is 4.28. The normalized spacial score (nSPS) is 16.0. The van der Waals surface area contributed by atoms with Crippen LogP contribution in [0.15, 0.2) is 16.7 Å². The molecule has 0 spiro atoms. The lowest BCUT2D eigenvalue weighted by atomic mass is 10.2. The quantitative estimate of drug-likeness (QED) is 0.896. The Balaban J connectivity index is 2.34. The predicted octanol–water partition coefficient (Wildman–Crippen LogP) is 2.04. The molecule has 0 aromatic carbocycles. The van der Waals surface area contributed by atoms with Gasteiger partial charge < -0.3 is 5.32 Å². The molecule has 0 unspecified atom stereocenters. The Bertz CT molecular complexity index is 354. The summed E-state index contributed by atoms with van der Waals surface area (Å²) in [5, 5.41) is 7.65. The van der Waals surface area contributed by atoms with E-state index >= 15 is 0 Å². The van der Waals surface area contributed by atoms with Crippen molar-refractivity contribution in [1.82, 2.24) is 15.1 Å². The van der Waals surface area contributed by atoms with Gasteiger partial charge in [0.05, 0.1) is 16.4 Å². The molecule has 2 rings (SSSR count). The van der Waals surface area contributed by atoms with E-state index in [1.54, 1.807) is 0 Å². The highest BCUT2D eigenvalue weighted by Gasteiger charge is 2.15. The summed E-state index contributed by atoms with van der Waals surface area (Å²) in [4.78, 5) is 0. The number of aryl methyl sites for hydroxylation is 1. The molecule has 1 N–H and O–H groups in total. The fraction of sp³-hybridized carbons (Fsp3) is 0.500. The number of rotatable bonds is 3. The molecule has 1 aromatic heterocycles. The Morgan fingerprint density at radius 2 is 2.50 bits per heavy atom. The van der Waals surface area contributed by atoms with Gasteiger partial charge in [-0.2, -0.15) is 5.10 Å². The van der Waals surface area contributed by atoms with Crippen LogP contribution in [0.25, 0.3) is 5.57 Å². The van der Waals surface area contributed by atoms with E-state index in [9.17, 15) is 0 Å². The van der Waals surface area contributed by atoms with Crippen molar-refractivity contribution in [3.05, 3.63) is 22.4 Å². The van der Waals surface area contributed by atoms with Gasteiger partial charge in [-0.05, 0) is 27.9 Å². The smallest absolute Gasteiger partial charge is 0.0794 e. The lowest BCUT2D eigenvalue weighted by Crippen LogP contribution is -2.10. The lowest BCUT2D eigenvalue weighted by Gasteiger charge is -2.07. The van der Waals surface area contributed by atoms with Gasteiger partial charge in [0.15, 0.2) is 0 Å². The first kappa shape index (κ1) is 9.93. The summed E-state index contributed by atoms with van der Waals surface area (Å²) in [6.45, 7) is 5.08. The topological polar surface area (TPSA) is 29.9 Å². The number of nitrogens with zero attached hydrogens (tertiary/aromatic N) is 2. The van der Waals surface area contributed by atoms with E-state index in [4.69, 9.17) is 0 Å². The van der Waals surface area contributed by atoms with Gasteiger partial charge in [-0.3, -0.25) is 4.68 Å². The van der Waals surface area contributed by atoms with E-state index in [2.05, 4.69) is 44.0 Å². The van der Waals surface area contributed by atoms with Crippen molar-refractivity contribution in [2.24, 2.45) is 0 Å². The Kier molecular flexibility index (Phi) is 3.03. The van der Waals surface area contributed by atoms with Gasteiger partial charge in [0.25, 0.3) is 0 Å². The number of halogens is 1. The highest BCUT2D eigenvalue weighted by atomic mass is 79.9. The number of hydrogen-bond donors (Lipinski definition) is 1. The van der Waals surface area contributed by atoms with Gasteiger partial charge in [0, 0.05) is 19.6 Å². The third-order valence-corrected chi connectivity index (χ3v) is 2.92. The minimum atomic E-state index is 0.952. The van der Waals surface area contributed by atoms with Crippen LogP contribution in [0.3, 0.4) is 0 Å². The van der Waals surface area contributed by atoms with Crippen molar-refractivity contribution in [2.45, 2.75) is 19.9 Å². The standard InChI is InChI=1S/C10H14BrN3/c1-2-5-14-10(9(11)7-13-14)8-3-4-12-6-8/h3,7,12H,2,4-6H2,1H3. The van der Waals surface area contributed by atoms with Gasteiger partial charge in [-0.15, -0.1) is 0 Å². The van der Waals surface area contributed by atoms with Crippen LogP contribution in [-0.2, 0) is 6.54 Å². The molecule has 0 radical (unpaired) electrons. The van der Waals surface area contributed by atoms with Crippen LogP contribution in [0.2, 0.25) is 0 Å². The molecule has 76 valence electrons. The molecule has 1 aliphatic rings. The zero-order valence-corrected chi connectivity index (χ0v) is 9.84. The number of aromatic nitrogens is 2. The van der Waals surface area contributed by atoms with Gasteiger partial charge in [-0.25, -0.2) is 0 Å². The molecule has 1 aliphatic heterocycles. The van der Waals surface area contributed by atoms with Gasteiger partial charge >= 0.3 is 0 Å². The molecule has 14 heavy (non-hydrogen) atoms. The second kappa shape index (κ2) is 4.28. The summed E-state index contributed by atoms with van der Waals surface area (Å²) in [7, 11) is 0. The molecule has 3 nitrogen and oxygen atoms in total. The average Bonchev–Trinajstić information content (AvgIpc) is 2.76. The summed E-state index contributed by atoms with van der Waals surface area (Å²) in [6.07, 6.45) is 5.22. The van der Waals surface area contributed by atoms with Gasteiger partial charge in [0.1, 0.15) is 0 Å². The maximum Gasteiger partial charge on any atom is 0.0794 e. The van der Waals surface area contributed by atoms with Crippen LogP contribution in [0, 0.1) is 0 Å². The van der Waals surface area contributed by atoms with E-state index in [0.717, 1.165) is 30.5 Å². The van der Waals surface area contributed by atoms with Crippen LogP contribution in [0.5, 0.6) is 0 Å². The summed E-state index contributed by atoms with van der Waals surface area (Å²) in [5.74, 6) is 0. The monoisotopic (exact) mass is 255 g/mol. The molecule has 2 heterocycles. The largest absolute Gasteiger partial charge is 0.309 e. The third-order valence-electron chi connectivity index (χ3n) is 2.34. The molecule has 0 saturated carbocycles. The lowest BCUT2D eigenvalue weighted by molar-refractivity contribution is 0.595. The van der Waals surface area contributed by atoms with Crippen LogP contribution < -0.4 is 5.32 Å². The zero-order valence-electron chi connectivity index (χ0n) is 8.26. The Hall–Kier alpha value is -0.610. The van der Waals surface area contributed by atoms with Crippen molar-refractivity contribution in [3.8, 4) is 0 Å². The SMILES string of the molecule is CCCn1ncc(Br)c1C1=CCNC1. The highest BCUT2D eigenvalue weighted by Crippen LogP contribution is 2.25. The molecule has 4 heteroatoms. The molecular formula is C10H14BrN3. The summed E-state index contributed by atoms with van der Waals surface area (Å²) in [5.41, 5.74) is 2.58. The Labute approximate surface area is 92.3 Å². The summed E-state index contributed by atoms with van der Waals surface area (Å²) >= 11 is 3.55. The average molecular weight is 256 g/mol. The molecule has 0 amide bonds. The summed E-state index contributed by atoms with van der Waals surface area (Å²) < 4.78 is 3.17. The summed E-state index contributed by atoms with van der Waals surface area (Å²) in [6, 6.07) is 0. The first-order chi connectivity index (χ1) is 6.83. The van der Waals surface area contributed by atoms with Crippen molar-refractivity contribution < 1.29 is 0 Å². The Morgan fingerprint density at radius 3 is 3.14 bits per heavy atom. The molecular weight excluding hydrogens is 242 g/mol. The second-order valence-electron chi connectivity index (χ2n) is 3.42. The first-order valence-corrected chi connectivity index (χ1v) is 5.73. The number of hydrogen-bond acceptors (Lipinski definition) is 2. The minimum Gasteiger partial charge on any atom is -0.309 e. The molecule has 1 aromatic rings. The fourth-order valence-electron chi connectivity index (χ4n) is 1.72. The van der Waals surface area contributed by atoms with Crippen LogP contribution in [-0.4, -0.2) is 22.9 Å². The van der Waals surface area contributed by atoms with Crippen LogP contribution in [0.4, 0.5) is 0 Å². The Morgan fingerprint density at radius 1 is 1.64 bits per heavy atom. The molecule has 0 fully saturated rings. The van der Waals surface area contributed by atoms with Gasteiger partial charge in [0.2, 0.25) is 0 Å². The van der Waals surface area contributed by atoms with E-state index in [1.807, 2.05) is 6.20 Å². The molecule has 0 bridgehead atoms. The number of nitrogens with one attached hydrogen (secondary N) is 1. The first-order valence-electron chi connectivity index (χ1n) is 4.94. The van der Waals surface area contributed by atoms with Crippen LogP contribution in [0.1, 0.15) is 19.0 Å². The van der Waals surface area contributed by atoms with E-state index < -0.39 is 0 Å². The predicted molar refractivity (Wildman–Crippen MR) is 61.1 cm³/mol. The molecule has 0 aliphatic carbocycles. The van der Waals surface area contributed by atoms with E-state index in [-0.39, 0.29) is 0 Å². The molecule has 0 saturated heterocycles. The maximum absolute atomic E-state index is 4.35. The zero-order chi connectivity index (χ0) is 9.97. The van der Waals surface area contributed by atoms with Crippen molar-refractivity contribution in [2.75, 3.05) is 13.1 Å². The minimum absolute atomic E-state index is 0.952. The van der Waals surface area contributed by atoms with E-state index in [0.29, 0.717) is 0 Å². The highest BCUT2D eigenvalue weighted by molar-refractivity contribution is 9.10. The van der Waals surface area contributed by atoms with Crippen molar-refractivity contribution in [1.29, 1.82) is 0 Å². The fourth-order valence-corrected chi connectivity index (χ4v) is 2.27. The van der Waals surface area contributed by atoms with E-state index in [1.165, 1.54) is 11.3 Å².